The standard InChI is InChI=1S/C49H33NO/c1-49(2)41-25-24-37(50(35-14-5-3-6-15-35)36-16-7-4-8-17-36)28-40(41)47-42(49)29-39(46-38-18-9-10-19-43(38)51-48(46)47)34-26-32-22-20-30-12-11-13-31-21-23-33(27-34)45(32)44(30)31/h3-29H,1-2H3. The van der Waals surface area contributed by atoms with Crippen LogP contribution in [0.25, 0.3) is 76.5 Å². The zero-order valence-corrected chi connectivity index (χ0v) is 28.4. The minimum absolute atomic E-state index is 0.231. The average molecular weight is 652 g/mol. The van der Waals surface area contributed by atoms with Crippen molar-refractivity contribution in [3.8, 4) is 22.3 Å². The molecule has 0 atom stereocenters. The zero-order valence-electron chi connectivity index (χ0n) is 28.4. The van der Waals surface area contributed by atoms with Gasteiger partial charge in [0.2, 0.25) is 0 Å². The summed E-state index contributed by atoms with van der Waals surface area (Å²) < 4.78 is 6.96. The van der Waals surface area contributed by atoms with E-state index in [0.717, 1.165) is 33.6 Å². The molecule has 0 amide bonds. The van der Waals surface area contributed by atoms with Crippen LogP contribution in [0.1, 0.15) is 25.0 Å². The van der Waals surface area contributed by atoms with Gasteiger partial charge in [-0.3, -0.25) is 0 Å². The lowest BCUT2D eigenvalue weighted by Crippen LogP contribution is -2.15. The highest BCUT2D eigenvalue weighted by molar-refractivity contribution is 6.25. The number of para-hydroxylation sites is 3. The Labute approximate surface area is 296 Å². The summed E-state index contributed by atoms with van der Waals surface area (Å²) in [6.07, 6.45) is 0. The Morgan fingerprint density at radius 1 is 0.451 bits per heavy atom. The van der Waals surface area contributed by atoms with Gasteiger partial charge in [0.25, 0.3) is 0 Å². The number of anilines is 3. The van der Waals surface area contributed by atoms with Gasteiger partial charge >= 0.3 is 0 Å². The van der Waals surface area contributed by atoms with E-state index in [1.165, 1.54) is 71.1 Å². The molecular weight excluding hydrogens is 619 g/mol. The maximum Gasteiger partial charge on any atom is 0.144 e. The first-order valence-electron chi connectivity index (χ1n) is 17.8. The van der Waals surface area contributed by atoms with Gasteiger partial charge in [-0.1, -0.05) is 117 Å². The van der Waals surface area contributed by atoms with E-state index < -0.39 is 0 Å². The third-order valence-corrected chi connectivity index (χ3v) is 11.3. The molecule has 0 spiro atoms. The lowest BCUT2D eigenvalue weighted by atomic mass is 9.80. The van der Waals surface area contributed by atoms with Crippen molar-refractivity contribution in [2.75, 3.05) is 4.90 Å². The van der Waals surface area contributed by atoms with Crippen molar-refractivity contribution < 1.29 is 4.42 Å². The molecule has 1 aliphatic rings. The van der Waals surface area contributed by atoms with Gasteiger partial charge in [-0.15, -0.1) is 0 Å². The maximum atomic E-state index is 6.96. The second-order valence-corrected chi connectivity index (χ2v) is 14.5. The van der Waals surface area contributed by atoms with Crippen molar-refractivity contribution in [2.24, 2.45) is 0 Å². The van der Waals surface area contributed by atoms with Gasteiger partial charge in [0, 0.05) is 38.8 Å². The first-order chi connectivity index (χ1) is 25.0. The number of furan rings is 1. The first kappa shape index (κ1) is 28.5. The van der Waals surface area contributed by atoms with Crippen molar-refractivity contribution in [3.05, 3.63) is 175 Å². The van der Waals surface area contributed by atoms with Crippen LogP contribution in [0, 0.1) is 0 Å². The van der Waals surface area contributed by atoms with Crippen molar-refractivity contribution in [1.82, 2.24) is 0 Å². The Kier molecular flexibility index (Phi) is 5.76. The van der Waals surface area contributed by atoms with E-state index in [1.807, 2.05) is 0 Å². The van der Waals surface area contributed by atoms with Crippen LogP contribution in [0.5, 0.6) is 0 Å². The van der Waals surface area contributed by atoms with Crippen LogP contribution in [0.15, 0.2) is 168 Å². The molecule has 0 bridgehead atoms. The van der Waals surface area contributed by atoms with Crippen LogP contribution in [0.4, 0.5) is 17.1 Å². The Morgan fingerprint density at radius 2 is 1.06 bits per heavy atom. The fourth-order valence-corrected chi connectivity index (χ4v) is 8.97. The third kappa shape index (κ3) is 3.99. The third-order valence-electron chi connectivity index (χ3n) is 11.3. The zero-order chi connectivity index (χ0) is 33.8. The lowest BCUT2D eigenvalue weighted by Gasteiger charge is -2.27. The molecule has 0 fully saturated rings. The van der Waals surface area contributed by atoms with Gasteiger partial charge < -0.3 is 9.32 Å². The van der Waals surface area contributed by atoms with Crippen molar-refractivity contribution in [1.29, 1.82) is 0 Å². The normalized spacial score (nSPS) is 13.5. The van der Waals surface area contributed by atoms with Crippen molar-refractivity contribution in [3.63, 3.8) is 0 Å². The molecule has 0 saturated carbocycles. The molecule has 0 saturated heterocycles. The average Bonchev–Trinajstić information content (AvgIpc) is 3.66. The molecule has 1 aromatic heterocycles. The quantitative estimate of drug-likeness (QED) is 0.176. The molecular formula is C49H33NO. The molecule has 2 nitrogen and oxygen atoms in total. The van der Waals surface area contributed by atoms with Gasteiger partial charge in [-0.2, -0.15) is 0 Å². The summed E-state index contributed by atoms with van der Waals surface area (Å²) in [7, 11) is 0. The SMILES string of the molecule is CC1(C)c2ccc(N(c3ccccc3)c3ccccc3)cc2-c2c1cc(-c1cc3ccc4cccc5ccc(c1)c3c45)c1c2oc2ccccc21. The molecule has 10 aromatic rings. The second-order valence-electron chi connectivity index (χ2n) is 14.5. The van der Waals surface area contributed by atoms with Crippen molar-refractivity contribution in [2.45, 2.75) is 19.3 Å². The highest BCUT2D eigenvalue weighted by Gasteiger charge is 2.39. The molecule has 2 heteroatoms. The molecule has 0 aliphatic heterocycles. The van der Waals surface area contributed by atoms with E-state index in [2.05, 4.69) is 183 Å². The molecule has 11 rings (SSSR count). The Bertz CT molecular complexity index is 2890. The summed E-state index contributed by atoms with van der Waals surface area (Å²) in [4.78, 5) is 2.35. The van der Waals surface area contributed by atoms with Gasteiger partial charge in [0.1, 0.15) is 11.2 Å². The van der Waals surface area contributed by atoms with Gasteiger partial charge in [0.15, 0.2) is 0 Å². The monoisotopic (exact) mass is 651 g/mol. The summed E-state index contributed by atoms with van der Waals surface area (Å²) >= 11 is 0. The molecule has 240 valence electrons. The Balaban J connectivity index is 1.19. The Hall–Kier alpha value is -6.38. The van der Waals surface area contributed by atoms with E-state index in [0.29, 0.717) is 0 Å². The highest BCUT2D eigenvalue weighted by Crippen LogP contribution is 2.56. The topological polar surface area (TPSA) is 16.4 Å². The van der Waals surface area contributed by atoms with E-state index in [9.17, 15) is 0 Å². The van der Waals surface area contributed by atoms with E-state index in [-0.39, 0.29) is 5.41 Å². The van der Waals surface area contributed by atoms with E-state index >= 15 is 0 Å². The van der Waals surface area contributed by atoms with Crippen LogP contribution < -0.4 is 4.90 Å². The summed E-state index contributed by atoms with van der Waals surface area (Å²) in [6.45, 7) is 4.73. The molecule has 0 unspecified atom stereocenters. The Morgan fingerprint density at radius 3 is 1.75 bits per heavy atom. The molecule has 9 aromatic carbocycles. The number of rotatable bonds is 4. The molecule has 1 heterocycles. The second kappa shape index (κ2) is 10.3. The van der Waals surface area contributed by atoms with E-state index in [4.69, 9.17) is 4.42 Å². The first-order valence-corrected chi connectivity index (χ1v) is 17.8. The van der Waals surface area contributed by atoms with Crippen LogP contribution >= 0.6 is 0 Å². The number of nitrogens with zero attached hydrogens (tertiary/aromatic N) is 1. The summed E-state index contributed by atoms with van der Waals surface area (Å²) in [6, 6.07) is 59.8. The molecule has 0 N–H and O–H groups in total. The van der Waals surface area contributed by atoms with Gasteiger partial charge in [-0.25, -0.2) is 0 Å². The lowest BCUT2D eigenvalue weighted by molar-refractivity contribution is 0.653. The molecule has 0 radical (unpaired) electrons. The predicted octanol–water partition coefficient (Wildman–Crippen LogP) is 13.9. The summed E-state index contributed by atoms with van der Waals surface area (Å²) in [5.74, 6) is 0. The van der Waals surface area contributed by atoms with Crippen molar-refractivity contribution >= 4 is 71.3 Å². The van der Waals surface area contributed by atoms with Crippen LogP contribution in [-0.4, -0.2) is 0 Å². The van der Waals surface area contributed by atoms with E-state index in [1.54, 1.807) is 0 Å². The van der Waals surface area contributed by atoms with Crippen LogP contribution in [0.3, 0.4) is 0 Å². The number of fused-ring (bicyclic) bond motifs is 7. The minimum atomic E-state index is -0.231. The maximum absolute atomic E-state index is 6.96. The fourth-order valence-electron chi connectivity index (χ4n) is 8.97. The number of benzene rings is 9. The summed E-state index contributed by atoms with van der Waals surface area (Å²) in [5, 5.41) is 10.1. The van der Waals surface area contributed by atoms with Gasteiger partial charge in [0.05, 0.1) is 0 Å². The largest absolute Gasteiger partial charge is 0.455 e. The van der Waals surface area contributed by atoms with Crippen LogP contribution in [0.2, 0.25) is 0 Å². The predicted molar refractivity (Wildman–Crippen MR) is 215 cm³/mol. The minimum Gasteiger partial charge on any atom is -0.455 e. The summed E-state index contributed by atoms with van der Waals surface area (Å²) in [5.41, 5.74) is 12.5. The van der Waals surface area contributed by atoms with Crippen LogP contribution in [-0.2, 0) is 5.41 Å². The van der Waals surface area contributed by atoms with Gasteiger partial charge in [-0.05, 0) is 121 Å². The molecule has 51 heavy (non-hydrogen) atoms. The fraction of sp³-hybridized carbons (Fsp3) is 0.0612. The smallest absolute Gasteiger partial charge is 0.144 e. The molecule has 1 aliphatic carbocycles. The number of hydrogen-bond acceptors (Lipinski definition) is 2. The number of hydrogen-bond donors (Lipinski definition) is 0. The highest BCUT2D eigenvalue weighted by atomic mass is 16.3.